The minimum Gasteiger partial charge on any atom is -0.868 e. The summed E-state index contributed by atoms with van der Waals surface area (Å²) in [6.45, 7) is 1.10. The van der Waals surface area contributed by atoms with E-state index in [1.54, 1.807) is 4.90 Å². The standard InChI is InChI=1S/C33H45N7O12.Gd/c1-50-19-16-38-10-4-22(41)28(44)25(38)31(47)34-7-13-37(14-8-35-32(48)26-29(45)23(42)5-11-39(26)17-20-51-2)15-9-36-33(49)27-30(46)24(43)6-12-40(27)18-21-52-3;/h4-6,10-12,44-46H,7-9,13-21H2,1-3H3,(H,34,47)(H,35,48)(H,36,49);/q;+3/p-3. The van der Waals surface area contributed by atoms with Crippen LogP contribution in [0.5, 0.6) is 17.2 Å². The molecule has 3 rings (SSSR count). The van der Waals surface area contributed by atoms with Crippen LogP contribution in [0.3, 0.4) is 0 Å². The summed E-state index contributed by atoms with van der Waals surface area (Å²) in [5, 5.41) is 45.5. The first-order chi connectivity index (χ1) is 24.9. The van der Waals surface area contributed by atoms with Gasteiger partial charge in [-0.1, -0.05) is 0 Å². The van der Waals surface area contributed by atoms with Gasteiger partial charge in [-0.15, -0.1) is 0 Å². The molecule has 3 aromatic heterocycles. The number of rotatable bonds is 21. The molecule has 0 aliphatic rings. The Morgan fingerprint density at radius 3 is 1.08 bits per heavy atom. The molecule has 3 aromatic rings. The molecule has 1 radical (unpaired) electrons. The van der Waals surface area contributed by atoms with E-state index in [4.69, 9.17) is 14.2 Å². The first-order valence-electron chi connectivity index (χ1n) is 16.2. The second kappa shape index (κ2) is 22.8. The first-order valence-corrected chi connectivity index (χ1v) is 16.2. The molecule has 0 unspecified atom stereocenters. The predicted molar refractivity (Wildman–Crippen MR) is 180 cm³/mol. The van der Waals surface area contributed by atoms with Gasteiger partial charge in [-0.25, -0.2) is 0 Å². The van der Waals surface area contributed by atoms with Gasteiger partial charge in [0.2, 0.25) is 0 Å². The first kappa shape index (κ1) is 45.0. The largest absolute Gasteiger partial charge is 3.00 e. The van der Waals surface area contributed by atoms with E-state index in [1.165, 1.54) is 53.6 Å². The fourth-order valence-corrected chi connectivity index (χ4v) is 5.06. The Bertz CT molecular complexity index is 1670. The van der Waals surface area contributed by atoms with Crippen LogP contribution in [0.4, 0.5) is 0 Å². The van der Waals surface area contributed by atoms with Gasteiger partial charge in [-0.3, -0.25) is 33.7 Å². The maximum Gasteiger partial charge on any atom is 3.00 e. The summed E-state index contributed by atoms with van der Waals surface area (Å²) < 4.78 is 19.0. The van der Waals surface area contributed by atoms with Gasteiger partial charge in [0, 0.05) is 117 Å². The predicted octanol–water partition coefficient (Wildman–Crippen LogP) is -3.78. The summed E-state index contributed by atoms with van der Waals surface area (Å²) in [6, 6.07) is 3.18. The van der Waals surface area contributed by atoms with Crippen molar-refractivity contribution in [1.82, 2.24) is 34.6 Å². The topological polar surface area (TPSA) is 253 Å². The Labute approximate surface area is 336 Å². The summed E-state index contributed by atoms with van der Waals surface area (Å²) in [4.78, 5) is 77.0. The molecule has 0 bridgehead atoms. The average Bonchev–Trinajstić information content (AvgIpc) is 3.12. The van der Waals surface area contributed by atoms with Crippen molar-refractivity contribution in [3.05, 3.63) is 84.5 Å². The molecule has 0 aromatic carbocycles. The molecule has 3 heterocycles. The van der Waals surface area contributed by atoms with Gasteiger partial charge in [0.1, 0.15) is 17.1 Å². The average molecular weight is 886 g/mol. The smallest absolute Gasteiger partial charge is 0.868 e. The molecule has 3 N–H and O–H groups in total. The van der Waals surface area contributed by atoms with Crippen LogP contribution >= 0.6 is 0 Å². The molecular weight excluding hydrogens is 844 g/mol. The van der Waals surface area contributed by atoms with Gasteiger partial charge >= 0.3 is 39.9 Å². The van der Waals surface area contributed by atoms with Gasteiger partial charge in [-0.05, 0) is 17.2 Å². The zero-order valence-corrected chi connectivity index (χ0v) is 31.8. The zero-order valence-electron chi connectivity index (χ0n) is 29.5. The molecule has 0 fully saturated rings. The maximum absolute atomic E-state index is 13.1. The van der Waals surface area contributed by atoms with E-state index < -0.39 is 51.3 Å². The van der Waals surface area contributed by atoms with E-state index in [0.717, 1.165) is 18.2 Å². The summed E-state index contributed by atoms with van der Waals surface area (Å²) in [7, 11) is 4.33. The molecule has 0 atom stereocenters. The fraction of sp³-hybridized carbons (Fsp3) is 0.455. The molecule has 3 amide bonds. The fourth-order valence-electron chi connectivity index (χ4n) is 5.06. The third kappa shape index (κ3) is 12.7. The van der Waals surface area contributed by atoms with Crippen molar-refractivity contribution in [2.24, 2.45) is 0 Å². The zero-order chi connectivity index (χ0) is 38.2. The van der Waals surface area contributed by atoms with Crippen LogP contribution in [0.15, 0.2) is 51.2 Å². The van der Waals surface area contributed by atoms with Crippen molar-refractivity contribution in [2.45, 2.75) is 19.6 Å². The number of amides is 3. The quantitative estimate of drug-likeness (QED) is 0.0931. The van der Waals surface area contributed by atoms with E-state index in [-0.39, 0.29) is 136 Å². The number of methoxy groups -OCH3 is 3. The van der Waals surface area contributed by atoms with Crippen molar-refractivity contribution in [1.29, 1.82) is 0 Å². The van der Waals surface area contributed by atoms with Crippen LogP contribution in [0.25, 0.3) is 0 Å². The van der Waals surface area contributed by atoms with E-state index in [9.17, 15) is 44.1 Å². The molecule has 0 spiro atoms. The number of nitrogens with one attached hydrogen (secondary N) is 3. The van der Waals surface area contributed by atoms with Gasteiger partial charge in [0.05, 0.1) is 19.8 Å². The molecule has 0 saturated heterocycles. The van der Waals surface area contributed by atoms with Gasteiger partial charge in [-0.2, -0.15) is 0 Å². The van der Waals surface area contributed by atoms with Crippen molar-refractivity contribution < 1.29 is 83.9 Å². The molecule has 0 aliphatic carbocycles. The Balaban J connectivity index is 0.00000972. The van der Waals surface area contributed by atoms with Crippen LogP contribution in [0.2, 0.25) is 0 Å². The second-order valence-corrected chi connectivity index (χ2v) is 11.2. The van der Waals surface area contributed by atoms with E-state index >= 15 is 0 Å². The monoisotopic (exact) mass is 886 g/mol. The molecule has 53 heavy (non-hydrogen) atoms. The number of aromatic nitrogens is 3. The number of ether oxygens (including phenoxy) is 3. The van der Waals surface area contributed by atoms with Crippen molar-refractivity contribution in [2.75, 3.05) is 80.4 Å². The van der Waals surface area contributed by atoms with Gasteiger partial charge < -0.3 is 59.2 Å². The van der Waals surface area contributed by atoms with Crippen LogP contribution < -0.4 is 47.6 Å². The van der Waals surface area contributed by atoms with E-state index in [2.05, 4.69) is 16.0 Å². The third-order valence-corrected chi connectivity index (χ3v) is 7.79. The van der Waals surface area contributed by atoms with Crippen molar-refractivity contribution >= 4 is 17.7 Å². The van der Waals surface area contributed by atoms with Crippen molar-refractivity contribution in [3.8, 4) is 17.2 Å². The SMILES string of the molecule is COCCn1ccc(=O)c([O-])c1C(=O)NCCN(CCNC(=O)c1c([O-])c(=O)ccn1CCOC)CCNC(=O)c1c([O-])c(=O)ccn1CCOC.[Gd+3]. The second-order valence-electron chi connectivity index (χ2n) is 11.2. The molecule has 19 nitrogen and oxygen atoms in total. The number of carbonyl (C=O) groups excluding carboxylic acids is 3. The van der Waals surface area contributed by atoms with E-state index in [0.29, 0.717) is 0 Å². The van der Waals surface area contributed by atoms with Crippen molar-refractivity contribution in [3.63, 3.8) is 0 Å². The van der Waals surface area contributed by atoms with E-state index in [1.807, 2.05) is 0 Å². The minimum absolute atomic E-state index is 0. The number of carbonyl (C=O) groups is 3. The number of hydrogen-bond donors (Lipinski definition) is 3. The molecule has 289 valence electrons. The molecule has 0 saturated carbocycles. The Morgan fingerprint density at radius 1 is 0.566 bits per heavy atom. The Morgan fingerprint density at radius 2 is 0.830 bits per heavy atom. The Kier molecular flexibility index (Phi) is 19.3. The number of pyridine rings is 3. The summed E-state index contributed by atoms with van der Waals surface area (Å²) >= 11 is 0. The summed E-state index contributed by atoms with van der Waals surface area (Å²) in [5.41, 5.74) is -3.68. The van der Waals surface area contributed by atoms with Crippen LogP contribution in [0, 0.1) is 39.9 Å². The molecule has 0 aliphatic heterocycles. The number of hydrogen-bond acceptors (Lipinski definition) is 13. The van der Waals surface area contributed by atoms with Crippen LogP contribution in [-0.2, 0) is 33.8 Å². The number of nitrogens with zero attached hydrogens (tertiary/aromatic N) is 4. The van der Waals surface area contributed by atoms with Gasteiger partial charge in [0.25, 0.3) is 17.7 Å². The van der Waals surface area contributed by atoms with Crippen LogP contribution in [0.1, 0.15) is 31.5 Å². The Hall–Kier alpha value is -4.18. The van der Waals surface area contributed by atoms with Crippen LogP contribution in [-0.4, -0.2) is 117 Å². The molecular formula is C33H42GdN7O12. The molecule has 20 heteroatoms. The summed E-state index contributed by atoms with van der Waals surface area (Å²) in [5.74, 6) is -5.36. The normalized spacial score (nSPS) is 10.9. The van der Waals surface area contributed by atoms with Gasteiger partial charge in [0.15, 0.2) is 16.3 Å². The third-order valence-electron chi connectivity index (χ3n) is 7.79. The summed E-state index contributed by atoms with van der Waals surface area (Å²) in [6.07, 6.45) is 3.96. The minimum atomic E-state index is -0.983. The maximum atomic E-state index is 13.1.